The molecule has 1 aromatic carbocycles. The van der Waals surface area contributed by atoms with Crippen molar-refractivity contribution in [1.82, 2.24) is 14.8 Å². The maximum Gasteiger partial charge on any atom is 0.276 e. The summed E-state index contributed by atoms with van der Waals surface area (Å²) in [4.78, 5) is 40.2. The summed E-state index contributed by atoms with van der Waals surface area (Å²) in [5.74, 6) is -3.80. The van der Waals surface area contributed by atoms with Crippen molar-refractivity contribution in [1.29, 1.82) is 0 Å². The summed E-state index contributed by atoms with van der Waals surface area (Å²) in [5.41, 5.74) is -2.15. The van der Waals surface area contributed by atoms with Gasteiger partial charge in [-0.15, -0.1) is 0 Å². The molecule has 33 heavy (non-hydrogen) atoms. The molecule has 0 radical (unpaired) electrons. The van der Waals surface area contributed by atoms with Crippen molar-refractivity contribution < 1.29 is 28.2 Å². The fourth-order valence-corrected chi connectivity index (χ4v) is 5.17. The van der Waals surface area contributed by atoms with Crippen molar-refractivity contribution >= 4 is 11.8 Å². The van der Waals surface area contributed by atoms with E-state index in [9.17, 15) is 28.3 Å². The predicted molar refractivity (Wildman–Crippen MR) is 112 cm³/mol. The summed E-state index contributed by atoms with van der Waals surface area (Å²) in [5, 5.41) is 13.0. The van der Waals surface area contributed by atoms with E-state index in [2.05, 4.69) is 5.32 Å². The maximum atomic E-state index is 13.8. The first kappa shape index (κ1) is 21.6. The van der Waals surface area contributed by atoms with Crippen LogP contribution in [0.15, 0.2) is 29.2 Å². The fraction of sp³-hybridized carbons (Fsp3) is 0.435. The molecule has 1 saturated carbocycles. The van der Waals surface area contributed by atoms with E-state index < -0.39 is 46.4 Å². The summed E-state index contributed by atoms with van der Waals surface area (Å²) in [6.07, 6.45) is 1.39. The number of nitrogens with one attached hydrogen (secondary N) is 1. The smallest absolute Gasteiger partial charge is 0.276 e. The van der Waals surface area contributed by atoms with Crippen molar-refractivity contribution in [3.05, 3.63) is 63.1 Å². The van der Waals surface area contributed by atoms with Gasteiger partial charge in [-0.05, 0) is 26.3 Å². The van der Waals surface area contributed by atoms with E-state index in [0.29, 0.717) is 6.07 Å². The number of carbonyl (C=O) groups excluding carboxylic acids is 2. The van der Waals surface area contributed by atoms with Crippen LogP contribution in [0.25, 0.3) is 0 Å². The number of aromatic hydroxyl groups is 1. The molecule has 174 valence electrons. The fourth-order valence-electron chi connectivity index (χ4n) is 5.17. The molecule has 2 fully saturated rings. The molecule has 2 N–H and O–H groups in total. The highest BCUT2D eigenvalue weighted by molar-refractivity contribution is 5.99. The second-order valence-corrected chi connectivity index (χ2v) is 9.43. The third-order valence-electron chi connectivity index (χ3n) is 7.58. The second kappa shape index (κ2) is 6.86. The summed E-state index contributed by atoms with van der Waals surface area (Å²) in [7, 11) is 0. The summed E-state index contributed by atoms with van der Waals surface area (Å²) < 4.78 is 34.5. The lowest BCUT2D eigenvalue weighted by Gasteiger charge is -2.49. The Morgan fingerprint density at radius 2 is 2.03 bits per heavy atom. The van der Waals surface area contributed by atoms with Crippen molar-refractivity contribution in [2.24, 2.45) is 5.41 Å². The van der Waals surface area contributed by atoms with Crippen LogP contribution in [-0.2, 0) is 17.8 Å². The van der Waals surface area contributed by atoms with Gasteiger partial charge < -0.3 is 24.6 Å². The average Bonchev–Trinajstić information content (AvgIpc) is 3.32. The van der Waals surface area contributed by atoms with E-state index >= 15 is 0 Å². The molecule has 2 aliphatic heterocycles. The number of rotatable bonds is 3. The van der Waals surface area contributed by atoms with Gasteiger partial charge in [0.1, 0.15) is 17.2 Å². The van der Waals surface area contributed by atoms with Crippen LogP contribution >= 0.6 is 0 Å². The molecule has 4 unspecified atom stereocenters. The molecule has 10 heteroatoms. The third-order valence-corrected chi connectivity index (χ3v) is 7.58. The number of fused-ring (bicyclic) bond motifs is 3. The van der Waals surface area contributed by atoms with Gasteiger partial charge in [0.15, 0.2) is 17.7 Å². The first-order valence-corrected chi connectivity index (χ1v) is 10.7. The van der Waals surface area contributed by atoms with Crippen molar-refractivity contribution in [2.75, 3.05) is 0 Å². The standard InChI is InChI=1S/C23H23F2N3O5/c1-11-22(2)10-23(22,3)33-16-9-27-8-14(18(29)19(30)17(27)21(32)28(11)16)20(31)26-7-12-4-5-13(24)6-15(12)25/h4-6,8,11,16,30H,7,9-10H2,1-3H3,(H,26,31). The lowest BCUT2D eigenvalue weighted by atomic mass is 9.91. The number of carbonyl (C=O) groups is 2. The Balaban J connectivity index is 1.45. The van der Waals surface area contributed by atoms with Gasteiger partial charge in [-0.2, -0.15) is 0 Å². The van der Waals surface area contributed by atoms with Gasteiger partial charge in [0.05, 0.1) is 12.1 Å². The molecule has 3 aliphatic rings. The Morgan fingerprint density at radius 1 is 1.30 bits per heavy atom. The van der Waals surface area contributed by atoms with E-state index in [-0.39, 0.29) is 41.4 Å². The summed E-state index contributed by atoms with van der Waals surface area (Å²) >= 11 is 0. The highest BCUT2D eigenvalue weighted by Gasteiger charge is 2.71. The van der Waals surface area contributed by atoms with E-state index in [1.54, 1.807) is 4.90 Å². The average molecular weight is 459 g/mol. The van der Waals surface area contributed by atoms with E-state index in [1.165, 1.54) is 16.8 Å². The minimum absolute atomic E-state index is 0.0307. The van der Waals surface area contributed by atoms with Gasteiger partial charge in [-0.3, -0.25) is 14.4 Å². The molecule has 3 heterocycles. The first-order chi connectivity index (χ1) is 15.5. The van der Waals surface area contributed by atoms with Gasteiger partial charge in [0.2, 0.25) is 5.43 Å². The quantitative estimate of drug-likeness (QED) is 0.733. The normalized spacial score (nSPS) is 29.7. The van der Waals surface area contributed by atoms with Crippen LogP contribution in [0.3, 0.4) is 0 Å². The number of pyridine rings is 1. The van der Waals surface area contributed by atoms with E-state index in [0.717, 1.165) is 12.5 Å². The zero-order valence-corrected chi connectivity index (χ0v) is 18.3. The first-order valence-electron chi connectivity index (χ1n) is 10.7. The van der Waals surface area contributed by atoms with Crippen LogP contribution in [0.1, 0.15) is 53.6 Å². The molecule has 2 amide bonds. The number of hydrogen-bond acceptors (Lipinski definition) is 5. The molecule has 8 nitrogen and oxygen atoms in total. The Kier molecular flexibility index (Phi) is 4.49. The van der Waals surface area contributed by atoms with Gasteiger partial charge >= 0.3 is 0 Å². The number of benzene rings is 1. The van der Waals surface area contributed by atoms with Gasteiger partial charge in [-0.25, -0.2) is 8.78 Å². The highest BCUT2D eigenvalue weighted by atomic mass is 19.1. The zero-order valence-electron chi connectivity index (χ0n) is 18.3. The minimum Gasteiger partial charge on any atom is -0.503 e. The lowest BCUT2D eigenvalue weighted by Crippen LogP contribution is -2.61. The highest BCUT2D eigenvalue weighted by Crippen LogP contribution is 2.65. The number of aromatic nitrogens is 1. The Labute approximate surface area is 187 Å². The number of ether oxygens (including phenoxy) is 1. The molecule has 1 aromatic heterocycles. The second-order valence-electron chi connectivity index (χ2n) is 9.43. The van der Waals surface area contributed by atoms with E-state index in [4.69, 9.17) is 4.74 Å². The van der Waals surface area contributed by atoms with Crippen molar-refractivity contribution in [3.63, 3.8) is 0 Å². The van der Waals surface area contributed by atoms with Gasteiger partial charge in [-0.1, -0.05) is 13.0 Å². The third kappa shape index (κ3) is 3.00. The van der Waals surface area contributed by atoms with E-state index in [1.807, 2.05) is 20.8 Å². The Morgan fingerprint density at radius 3 is 2.73 bits per heavy atom. The SMILES string of the molecule is CC1N2C(=O)c3c(O)c(=O)c(C(=O)NCc4ccc(F)cc4F)cn3CC2OC2(C)CC12C. The molecular formula is C23H23F2N3O5. The van der Waals surface area contributed by atoms with Crippen LogP contribution in [0.5, 0.6) is 5.75 Å². The van der Waals surface area contributed by atoms with Gasteiger partial charge in [0.25, 0.3) is 11.8 Å². The molecule has 4 atom stereocenters. The minimum atomic E-state index is -1.00. The van der Waals surface area contributed by atoms with Gasteiger partial charge in [0, 0.05) is 35.8 Å². The number of halogens is 2. The molecule has 0 bridgehead atoms. The largest absolute Gasteiger partial charge is 0.503 e. The maximum absolute atomic E-state index is 13.8. The Bertz CT molecular complexity index is 1280. The zero-order chi connectivity index (χ0) is 23.9. The van der Waals surface area contributed by atoms with Crippen LogP contribution in [0.2, 0.25) is 0 Å². The summed E-state index contributed by atoms with van der Waals surface area (Å²) in [6, 6.07) is 2.77. The molecule has 2 aromatic rings. The number of amides is 2. The molecule has 5 rings (SSSR count). The molecule has 1 aliphatic carbocycles. The van der Waals surface area contributed by atoms with Crippen LogP contribution < -0.4 is 10.7 Å². The topological polar surface area (TPSA) is 101 Å². The van der Waals surface area contributed by atoms with Crippen molar-refractivity contribution in [2.45, 2.75) is 58.2 Å². The summed E-state index contributed by atoms with van der Waals surface area (Å²) in [6.45, 7) is 5.81. The predicted octanol–water partition coefficient (Wildman–Crippen LogP) is 2.13. The van der Waals surface area contributed by atoms with Crippen LogP contribution in [-0.4, -0.2) is 44.3 Å². The van der Waals surface area contributed by atoms with Crippen molar-refractivity contribution in [3.8, 4) is 5.75 Å². The molecular weight excluding hydrogens is 436 g/mol. The monoisotopic (exact) mass is 459 g/mol. The van der Waals surface area contributed by atoms with Crippen LogP contribution in [0.4, 0.5) is 8.78 Å². The number of hydrogen-bond donors (Lipinski definition) is 2. The lowest BCUT2D eigenvalue weighted by molar-refractivity contribution is -0.173. The number of nitrogens with zero attached hydrogens (tertiary/aromatic N) is 2. The Hall–Kier alpha value is -3.27. The van der Waals surface area contributed by atoms with Crippen LogP contribution in [0, 0.1) is 17.0 Å². The molecule has 0 spiro atoms. The molecule has 1 saturated heterocycles.